The van der Waals surface area contributed by atoms with E-state index in [1.807, 2.05) is 30.3 Å². The number of hydrogen-bond acceptors (Lipinski definition) is 4. The molecule has 0 saturated carbocycles. The molecule has 140 valence electrons. The molecule has 0 radical (unpaired) electrons. The van der Waals surface area contributed by atoms with Gasteiger partial charge in [0.05, 0.1) is 29.6 Å². The van der Waals surface area contributed by atoms with Crippen molar-refractivity contribution in [2.75, 3.05) is 5.43 Å². The average Bonchev–Trinajstić information content (AvgIpc) is 2.89. The number of aromatic nitrogens is 3. The first-order valence-corrected chi connectivity index (χ1v) is 8.31. The van der Waals surface area contributed by atoms with Crippen molar-refractivity contribution in [2.45, 2.75) is 19.6 Å². The zero-order valence-corrected chi connectivity index (χ0v) is 15.0. The highest BCUT2D eigenvalue weighted by atomic mass is 35.5. The molecule has 0 aliphatic carbocycles. The monoisotopic (exact) mass is 393 g/mol. The number of pyridine rings is 1. The van der Waals surface area contributed by atoms with Gasteiger partial charge in [-0.3, -0.25) is 5.43 Å². The van der Waals surface area contributed by atoms with E-state index in [1.54, 1.807) is 11.6 Å². The average molecular weight is 394 g/mol. The molecule has 5 nitrogen and oxygen atoms in total. The molecule has 1 N–H and O–H groups in total. The van der Waals surface area contributed by atoms with Gasteiger partial charge in [0.1, 0.15) is 11.0 Å². The second-order valence-electron chi connectivity index (χ2n) is 5.73. The van der Waals surface area contributed by atoms with E-state index in [2.05, 4.69) is 20.6 Å². The van der Waals surface area contributed by atoms with Gasteiger partial charge in [0, 0.05) is 6.20 Å². The van der Waals surface area contributed by atoms with Gasteiger partial charge in [-0.1, -0.05) is 41.9 Å². The van der Waals surface area contributed by atoms with E-state index in [-0.39, 0.29) is 5.82 Å². The largest absolute Gasteiger partial charge is 0.417 e. The van der Waals surface area contributed by atoms with Crippen LogP contribution in [0.4, 0.5) is 19.0 Å². The van der Waals surface area contributed by atoms with Crippen LogP contribution in [-0.4, -0.2) is 21.0 Å². The minimum atomic E-state index is -4.42. The summed E-state index contributed by atoms with van der Waals surface area (Å²) in [6, 6.07) is 11.9. The van der Waals surface area contributed by atoms with Gasteiger partial charge in [-0.2, -0.15) is 23.4 Å². The van der Waals surface area contributed by atoms with Crippen LogP contribution >= 0.6 is 11.6 Å². The van der Waals surface area contributed by atoms with Gasteiger partial charge < -0.3 is 0 Å². The van der Waals surface area contributed by atoms with Crippen LogP contribution in [0.1, 0.15) is 22.4 Å². The Labute approximate surface area is 158 Å². The zero-order chi connectivity index (χ0) is 19.4. The molecule has 0 amide bonds. The number of hydrogen-bond donors (Lipinski definition) is 1. The van der Waals surface area contributed by atoms with Crippen molar-refractivity contribution in [2.24, 2.45) is 5.10 Å². The summed E-state index contributed by atoms with van der Waals surface area (Å²) < 4.78 is 39.2. The quantitative estimate of drug-likeness (QED) is 0.502. The number of aryl methyl sites for hydroxylation is 1. The third-order valence-electron chi connectivity index (χ3n) is 3.75. The molecule has 0 aliphatic heterocycles. The molecule has 0 spiro atoms. The predicted molar refractivity (Wildman–Crippen MR) is 98.0 cm³/mol. The summed E-state index contributed by atoms with van der Waals surface area (Å²) >= 11 is 6.37. The Kier molecular flexibility index (Phi) is 5.46. The number of anilines is 1. The van der Waals surface area contributed by atoms with E-state index >= 15 is 0 Å². The zero-order valence-electron chi connectivity index (χ0n) is 14.2. The Hall–Kier alpha value is -2.87. The van der Waals surface area contributed by atoms with Crippen molar-refractivity contribution in [1.29, 1.82) is 0 Å². The van der Waals surface area contributed by atoms with E-state index in [1.165, 1.54) is 12.3 Å². The standard InChI is InChI=1S/C18H15ClF3N5/c1-12-15(17(19)27(26-12)11-13-5-3-2-4-6-13)10-24-25-16-8-7-14(9-23-16)18(20,21)22/h2-10H,11H2,1H3,(H,23,25)/b24-10-. The summed E-state index contributed by atoms with van der Waals surface area (Å²) in [4.78, 5) is 3.68. The third-order valence-corrected chi connectivity index (χ3v) is 4.15. The lowest BCUT2D eigenvalue weighted by Gasteiger charge is -2.06. The second kappa shape index (κ2) is 7.79. The van der Waals surface area contributed by atoms with Gasteiger partial charge in [-0.25, -0.2) is 9.67 Å². The van der Waals surface area contributed by atoms with E-state index in [9.17, 15) is 13.2 Å². The summed E-state index contributed by atoms with van der Waals surface area (Å²) in [7, 11) is 0. The van der Waals surface area contributed by atoms with Gasteiger partial charge in [0.25, 0.3) is 0 Å². The maximum absolute atomic E-state index is 12.5. The van der Waals surface area contributed by atoms with Crippen LogP contribution in [0.3, 0.4) is 0 Å². The van der Waals surface area contributed by atoms with Crippen LogP contribution in [0.2, 0.25) is 5.15 Å². The number of alkyl halides is 3. The molecule has 0 bridgehead atoms. The molecule has 0 unspecified atom stereocenters. The summed E-state index contributed by atoms with van der Waals surface area (Å²) in [5.41, 5.74) is 4.11. The Morgan fingerprint density at radius 1 is 1.19 bits per heavy atom. The molecule has 27 heavy (non-hydrogen) atoms. The number of nitrogens with zero attached hydrogens (tertiary/aromatic N) is 4. The van der Waals surface area contributed by atoms with Gasteiger partial charge in [0.15, 0.2) is 0 Å². The second-order valence-corrected chi connectivity index (χ2v) is 6.09. The maximum atomic E-state index is 12.5. The van der Waals surface area contributed by atoms with Gasteiger partial charge in [0.2, 0.25) is 0 Å². The highest BCUT2D eigenvalue weighted by Gasteiger charge is 2.30. The molecule has 9 heteroatoms. The molecule has 0 fully saturated rings. The number of hydrazone groups is 1. The SMILES string of the molecule is Cc1nn(Cc2ccccc2)c(Cl)c1/C=N\Nc1ccc(C(F)(F)F)cn1. The fraction of sp³-hybridized carbons (Fsp3) is 0.167. The van der Waals surface area contributed by atoms with Crippen molar-refractivity contribution in [3.8, 4) is 0 Å². The minimum absolute atomic E-state index is 0.185. The molecule has 2 aromatic heterocycles. The van der Waals surface area contributed by atoms with Crippen molar-refractivity contribution in [1.82, 2.24) is 14.8 Å². The molecule has 2 heterocycles. The van der Waals surface area contributed by atoms with Crippen molar-refractivity contribution >= 4 is 23.6 Å². The maximum Gasteiger partial charge on any atom is 0.417 e. The normalized spacial score (nSPS) is 11.9. The Bertz CT molecular complexity index is 934. The highest BCUT2D eigenvalue weighted by Crippen LogP contribution is 2.28. The number of nitrogens with one attached hydrogen (secondary N) is 1. The molecule has 0 saturated heterocycles. The Balaban J connectivity index is 1.70. The number of benzene rings is 1. The summed E-state index contributed by atoms with van der Waals surface area (Å²) in [5.74, 6) is 0.185. The van der Waals surface area contributed by atoms with E-state index in [0.717, 1.165) is 17.8 Å². The summed E-state index contributed by atoms with van der Waals surface area (Å²) in [5, 5.41) is 8.80. The van der Waals surface area contributed by atoms with Crippen molar-refractivity contribution in [3.05, 3.63) is 76.2 Å². The molecule has 1 aromatic carbocycles. The Morgan fingerprint density at radius 3 is 2.56 bits per heavy atom. The third kappa shape index (κ3) is 4.65. The van der Waals surface area contributed by atoms with Gasteiger partial charge >= 0.3 is 6.18 Å². The van der Waals surface area contributed by atoms with Crippen LogP contribution in [0, 0.1) is 6.92 Å². The topological polar surface area (TPSA) is 55.1 Å². The number of rotatable bonds is 5. The molecule has 0 atom stereocenters. The van der Waals surface area contributed by atoms with Crippen molar-refractivity contribution < 1.29 is 13.2 Å². The molecule has 3 aromatic rings. The molecule has 0 aliphatic rings. The fourth-order valence-electron chi connectivity index (χ4n) is 2.37. The Morgan fingerprint density at radius 2 is 1.93 bits per heavy atom. The first-order chi connectivity index (χ1) is 12.8. The lowest BCUT2D eigenvalue weighted by molar-refractivity contribution is -0.137. The lowest BCUT2D eigenvalue weighted by atomic mass is 10.2. The predicted octanol–water partition coefficient (Wildman–Crippen LogP) is 4.75. The van der Waals surface area contributed by atoms with E-state index in [0.29, 0.717) is 23.0 Å². The van der Waals surface area contributed by atoms with Crippen molar-refractivity contribution in [3.63, 3.8) is 0 Å². The highest BCUT2D eigenvalue weighted by molar-refractivity contribution is 6.32. The van der Waals surface area contributed by atoms with E-state index in [4.69, 9.17) is 11.6 Å². The summed E-state index contributed by atoms with van der Waals surface area (Å²) in [6.45, 7) is 2.31. The van der Waals surface area contributed by atoms with Gasteiger partial charge in [-0.15, -0.1) is 0 Å². The fourth-order valence-corrected chi connectivity index (χ4v) is 2.65. The summed E-state index contributed by atoms with van der Waals surface area (Å²) in [6.07, 6.45) is -2.22. The first-order valence-electron chi connectivity index (χ1n) is 7.94. The van der Waals surface area contributed by atoms with Crippen LogP contribution < -0.4 is 5.43 Å². The molecular weight excluding hydrogens is 379 g/mol. The lowest BCUT2D eigenvalue weighted by Crippen LogP contribution is -2.05. The minimum Gasteiger partial charge on any atom is -0.261 e. The van der Waals surface area contributed by atoms with E-state index < -0.39 is 11.7 Å². The molecular formula is C18H15ClF3N5. The van der Waals surface area contributed by atoms with Crippen LogP contribution in [0.15, 0.2) is 53.8 Å². The number of halogens is 4. The molecule has 3 rings (SSSR count). The smallest absolute Gasteiger partial charge is 0.261 e. The van der Waals surface area contributed by atoms with Crippen LogP contribution in [0.25, 0.3) is 0 Å². The van der Waals surface area contributed by atoms with Crippen LogP contribution in [0.5, 0.6) is 0 Å². The van der Waals surface area contributed by atoms with Gasteiger partial charge in [-0.05, 0) is 24.6 Å². The van der Waals surface area contributed by atoms with Crippen LogP contribution in [-0.2, 0) is 12.7 Å². The first kappa shape index (κ1) is 18.9.